The molecule has 1 fully saturated rings. The minimum Gasteiger partial charge on any atom is -0.497 e. The molecule has 1 N–H and O–H groups in total. The molecule has 1 saturated heterocycles. The van der Waals surface area contributed by atoms with Crippen LogP contribution in [0.5, 0.6) is 11.5 Å². The van der Waals surface area contributed by atoms with Crippen LogP contribution in [0.3, 0.4) is 0 Å². The fraction of sp³-hybridized carbons (Fsp3) is 0.429. The Balaban J connectivity index is 1.50. The lowest BCUT2D eigenvalue weighted by Gasteiger charge is -2.26. The van der Waals surface area contributed by atoms with E-state index in [2.05, 4.69) is 34.5 Å². The second kappa shape index (κ2) is 9.57. The van der Waals surface area contributed by atoms with Crippen molar-refractivity contribution in [2.45, 2.75) is 19.6 Å². The van der Waals surface area contributed by atoms with Gasteiger partial charge in [0.1, 0.15) is 11.5 Å². The molecule has 0 aliphatic carbocycles. The zero-order valence-electron chi connectivity index (χ0n) is 15.7. The number of methoxy groups -OCH3 is 2. The summed E-state index contributed by atoms with van der Waals surface area (Å²) in [7, 11) is 3.37. The molecule has 26 heavy (non-hydrogen) atoms. The Bertz CT molecular complexity index is 682. The lowest BCUT2D eigenvalue weighted by molar-refractivity contribution is 0.0342. The van der Waals surface area contributed by atoms with Crippen LogP contribution in [0.1, 0.15) is 16.7 Å². The van der Waals surface area contributed by atoms with Gasteiger partial charge in [-0.15, -0.1) is 0 Å². The Hall–Kier alpha value is -2.08. The molecule has 2 aromatic carbocycles. The summed E-state index contributed by atoms with van der Waals surface area (Å²) in [5.41, 5.74) is 3.72. The van der Waals surface area contributed by atoms with E-state index in [1.54, 1.807) is 14.2 Å². The zero-order valence-corrected chi connectivity index (χ0v) is 15.7. The maximum Gasteiger partial charge on any atom is 0.123 e. The van der Waals surface area contributed by atoms with Crippen molar-refractivity contribution in [3.63, 3.8) is 0 Å². The van der Waals surface area contributed by atoms with Crippen LogP contribution >= 0.6 is 0 Å². The summed E-state index contributed by atoms with van der Waals surface area (Å²) < 4.78 is 16.1. The molecule has 1 heterocycles. The highest BCUT2D eigenvalue weighted by molar-refractivity contribution is 5.40. The summed E-state index contributed by atoms with van der Waals surface area (Å²) in [6, 6.07) is 14.7. The first kappa shape index (κ1) is 18.7. The predicted molar refractivity (Wildman–Crippen MR) is 103 cm³/mol. The standard InChI is InChI=1S/C21H28N2O3/c1-24-20-7-8-21(25-2)19(13-20)15-22-14-17-3-5-18(6-4-17)16-23-9-11-26-12-10-23/h3-8,13,22H,9-12,14-16H2,1-2H3. The van der Waals surface area contributed by atoms with Crippen molar-refractivity contribution in [3.05, 3.63) is 59.2 Å². The Morgan fingerprint density at radius 3 is 2.35 bits per heavy atom. The molecular formula is C21H28N2O3. The molecule has 0 aromatic heterocycles. The van der Waals surface area contributed by atoms with Gasteiger partial charge in [0.25, 0.3) is 0 Å². The van der Waals surface area contributed by atoms with Crippen molar-refractivity contribution in [2.24, 2.45) is 0 Å². The van der Waals surface area contributed by atoms with Gasteiger partial charge in [-0.1, -0.05) is 24.3 Å². The second-order valence-corrected chi connectivity index (χ2v) is 6.49. The Morgan fingerprint density at radius 2 is 1.65 bits per heavy atom. The first-order valence-corrected chi connectivity index (χ1v) is 9.08. The number of rotatable bonds is 8. The molecular weight excluding hydrogens is 328 g/mol. The van der Waals surface area contributed by atoms with Crippen molar-refractivity contribution in [3.8, 4) is 11.5 Å². The molecule has 2 aromatic rings. The first-order chi connectivity index (χ1) is 12.8. The van der Waals surface area contributed by atoms with Crippen molar-refractivity contribution < 1.29 is 14.2 Å². The number of hydrogen-bond acceptors (Lipinski definition) is 5. The quantitative estimate of drug-likeness (QED) is 0.788. The Morgan fingerprint density at radius 1 is 0.923 bits per heavy atom. The number of nitrogens with zero attached hydrogens (tertiary/aromatic N) is 1. The lowest BCUT2D eigenvalue weighted by Crippen LogP contribution is -2.35. The minimum atomic E-state index is 0.732. The van der Waals surface area contributed by atoms with Crippen LogP contribution in [0.15, 0.2) is 42.5 Å². The van der Waals surface area contributed by atoms with E-state index >= 15 is 0 Å². The van der Waals surface area contributed by atoms with Crippen molar-refractivity contribution in [2.75, 3.05) is 40.5 Å². The highest BCUT2D eigenvalue weighted by Gasteiger charge is 2.10. The van der Waals surface area contributed by atoms with Crippen molar-refractivity contribution >= 4 is 0 Å². The fourth-order valence-electron chi connectivity index (χ4n) is 3.14. The molecule has 5 heteroatoms. The van der Waals surface area contributed by atoms with Crippen LogP contribution in [0, 0.1) is 0 Å². The summed E-state index contributed by atoms with van der Waals surface area (Å²) in [5.74, 6) is 1.72. The maximum atomic E-state index is 5.43. The third-order valence-electron chi connectivity index (χ3n) is 4.67. The molecule has 0 spiro atoms. The Kier molecular flexibility index (Phi) is 6.89. The molecule has 0 bridgehead atoms. The van der Waals surface area contributed by atoms with Gasteiger partial charge in [-0.25, -0.2) is 0 Å². The molecule has 0 amide bonds. The highest BCUT2D eigenvalue weighted by atomic mass is 16.5. The van der Waals surface area contributed by atoms with Gasteiger partial charge in [-0.05, 0) is 29.3 Å². The molecule has 5 nitrogen and oxygen atoms in total. The smallest absolute Gasteiger partial charge is 0.123 e. The topological polar surface area (TPSA) is 43.0 Å². The van der Waals surface area contributed by atoms with E-state index < -0.39 is 0 Å². The van der Waals surface area contributed by atoms with E-state index in [0.717, 1.165) is 63.0 Å². The number of benzene rings is 2. The summed E-state index contributed by atoms with van der Waals surface area (Å²) in [4.78, 5) is 2.44. The van der Waals surface area contributed by atoms with Gasteiger partial charge in [0.2, 0.25) is 0 Å². The third-order valence-corrected chi connectivity index (χ3v) is 4.67. The zero-order chi connectivity index (χ0) is 18.2. The van der Waals surface area contributed by atoms with Crippen LogP contribution < -0.4 is 14.8 Å². The summed E-state index contributed by atoms with van der Waals surface area (Å²) in [5, 5.41) is 3.48. The third kappa shape index (κ3) is 5.21. The van der Waals surface area contributed by atoms with Crippen LogP contribution in [0.2, 0.25) is 0 Å². The summed E-state index contributed by atoms with van der Waals surface area (Å²) in [6.07, 6.45) is 0. The van der Waals surface area contributed by atoms with E-state index in [4.69, 9.17) is 14.2 Å². The van der Waals surface area contributed by atoms with Crippen LogP contribution in [0.4, 0.5) is 0 Å². The first-order valence-electron chi connectivity index (χ1n) is 9.08. The van der Waals surface area contributed by atoms with E-state index in [9.17, 15) is 0 Å². The molecule has 140 valence electrons. The molecule has 1 aliphatic rings. The van der Waals surface area contributed by atoms with E-state index in [-0.39, 0.29) is 0 Å². The second-order valence-electron chi connectivity index (χ2n) is 6.49. The van der Waals surface area contributed by atoms with Gasteiger partial charge in [-0.2, -0.15) is 0 Å². The monoisotopic (exact) mass is 356 g/mol. The highest BCUT2D eigenvalue weighted by Crippen LogP contribution is 2.23. The number of morpholine rings is 1. The largest absolute Gasteiger partial charge is 0.497 e. The number of nitrogens with one attached hydrogen (secondary N) is 1. The van der Waals surface area contributed by atoms with Crippen LogP contribution in [-0.2, 0) is 24.4 Å². The SMILES string of the molecule is COc1ccc(OC)c(CNCc2ccc(CN3CCOCC3)cc2)c1. The van der Waals surface area contributed by atoms with Gasteiger partial charge >= 0.3 is 0 Å². The number of ether oxygens (including phenoxy) is 3. The molecule has 0 radical (unpaired) electrons. The molecule has 0 saturated carbocycles. The fourth-order valence-corrected chi connectivity index (χ4v) is 3.14. The normalized spacial score (nSPS) is 15.0. The lowest BCUT2D eigenvalue weighted by atomic mass is 10.1. The van der Waals surface area contributed by atoms with Gasteiger partial charge in [-0.3, -0.25) is 4.90 Å². The minimum absolute atomic E-state index is 0.732. The molecule has 1 aliphatic heterocycles. The number of hydrogen-bond donors (Lipinski definition) is 1. The average molecular weight is 356 g/mol. The van der Waals surface area contributed by atoms with Crippen molar-refractivity contribution in [1.29, 1.82) is 0 Å². The molecule has 0 atom stereocenters. The van der Waals surface area contributed by atoms with E-state index in [0.29, 0.717) is 0 Å². The van der Waals surface area contributed by atoms with Crippen LogP contribution in [0.25, 0.3) is 0 Å². The van der Waals surface area contributed by atoms with E-state index in [1.165, 1.54) is 11.1 Å². The molecule has 3 rings (SSSR count). The van der Waals surface area contributed by atoms with Gasteiger partial charge in [0.15, 0.2) is 0 Å². The summed E-state index contributed by atoms with van der Waals surface area (Å²) >= 11 is 0. The van der Waals surface area contributed by atoms with E-state index in [1.807, 2.05) is 18.2 Å². The van der Waals surface area contributed by atoms with Gasteiger partial charge in [0.05, 0.1) is 27.4 Å². The van der Waals surface area contributed by atoms with Crippen LogP contribution in [-0.4, -0.2) is 45.4 Å². The van der Waals surface area contributed by atoms with Crippen molar-refractivity contribution in [1.82, 2.24) is 10.2 Å². The van der Waals surface area contributed by atoms with Gasteiger partial charge < -0.3 is 19.5 Å². The van der Waals surface area contributed by atoms with Gasteiger partial charge in [0, 0.05) is 38.3 Å². The predicted octanol–water partition coefficient (Wildman–Crippen LogP) is 2.83. The summed E-state index contributed by atoms with van der Waals surface area (Å²) in [6.45, 7) is 6.27. The average Bonchev–Trinajstić information content (AvgIpc) is 2.70. The maximum absolute atomic E-state index is 5.43. The molecule has 0 unspecified atom stereocenters. The Labute approximate surface area is 155 Å².